The molecule has 0 atom stereocenters. The summed E-state index contributed by atoms with van der Waals surface area (Å²) in [5.74, 6) is -0.812. The molecule has 0 aromatic heterocycles. The van der Waals surface area contributed by atoms with Gasteiger partial charge in [0, 0.05) is 31.8 Å². The first-order chi connectivity index (χ1) is 10.9. The number of anilines is 1. The van der Waals surface area contributed by atoms with Gasteiger partial charge in [-0.1, -0.05) is 0 Å². The smallest absolute Gasteiger partial charge is 0.227 e. The molecule has 1 fully saturated rings. The molecule has 0 unspecified atom stereocenters. The normalized spacial score (nSPS) is 17.1. The summed E-state index contributed by atoms with van der Waals surface area (Å²) in [6, 6.07) is 5.55. The van der Waals surface area contributed by atoms with E-state index in [2.05, 4.69) is 5.32 Å². The van der Waals surface area contributed by atoms with Gasteiger partial charge >= 0.3 is 0 Å². The Morgan fingerprint density at radius 1 is 1.30 bits per heavy atom. The highest BCUT2D eigenvalue weighted by Crippen LogP contribution is 2.21. The van der Waals surface area contributed by atoms with Crippen LogP contribution in [0, 0.1) is 11.7 Å². The lowest BCUT2D eigenvalue weighted by Crippen LogP contribution is -2.42. The molecule has 1 aromatic carbocycles. The highest BCUT2D eigenvalue weighted by Gasteiger charge is 2.30. The largest absolute Gasteiger partial charge is 0.384 e. The van der Waals surface area contributed by atoms with Gasteiger partial charge in [-0.05, 0) is 37.1 Å². The summed E-state index contributed by atoms with van der Waals surface area (Å²) in [4.78, 5) is 12.2. The molecule has 1 aromatic rings. The minimum Gasteiger partial charge on any atom is -0.384 e. The molecule has 0 saturated carbocycles. The number of methoxy groups -OCH3 is 1. The number of sulfonamides is 1. The zero-order chi connectivity index (χ0) is 16.9. The van der Waals surface area contributed by atoms with E-state index in [0.29, 0.717) is 31.6 Å². The van der Waals surface area contributed by atoms with Crippen molar-refractivity contribution in [3.8, 4) is 0 Å². The van der Waals surface area contributed by atoms with Crippen molar-refractivity contribution in [3.63, 3.8) is 0 Å². The Kier molecular flexibility index (Phi) is 6.09. The van der Waals surface area contributed by atoms with Crippen LogP contribution in [0.15, 0.2) is 24.3 Å². The topological polar surface area (TPSA) is 75.7 Å². The Morgan fingerprint density at radius 2 is 1.91 bits per heavy atom. The Labute approximate surface area is 135 Å². The quantitative estimate of drug-likeness (QED) is 0.847. The van der Waals surface area contributed by atoms with Crippen molar-refractivity contribution < 1.29 is 22.3 Å². The molecular formula is C15H21FN2O4S. The maximum atomic E-state index is 12.8. The fraction of sp³-hybridized carbons (Fsp3) is 0.533. The monoisotopic (exact) mass is 344 g/mol. The zero-order valence-electron chi connectivity index (χ0n) is 13.0. The highest BCUT2D eigenvalue weighted by molar-refractivity contribution is 7.89. The number of nitrogens with zero attached hydrogens (tertiary/aromatic N) is 1. The second kappa shape index (κ2) is 7.85. The highest BCUT2D eigenvalue weighted by atomic mass is 32.2. The van der Waals surface area contributed by atoms with E-state index in [1.54, 1.807) is 0 Å². The first kappa shape index (κ1) is 17.8. The predicted molar refractivity (Wildman–Crippen MR) is 85.0 cm³/mol. The summed E-state index contributed by atoms with van der Waals surface area (Å²) < 4.78 is 43.2. The van der Waals surface area contributed by atoms with E-state index >= 15 is 0 Å². The van der Waals surface area contributed by atoms with Gasteiger partial charge in [-0.2, -0.15) is 0 Å². The van der Waals surface area contributed by atoms with Gasteiger partial charge < -0.3 is 10.1 Å². The summed E-state index contributed by atoms with van der Waals surface area (Å²) in [5, 5.41) is 2.73. The maximum Gasteiger partial charge on any atom is 0.227 e. The number of ether oxygens (including phenoxy) is 1. The second-order valence-corrected chi connectivity index (χ2v) is 7.57. The molecule has 0 radical (unpaired) electrons. The summed E-state index contributed by atoms with van der Waals surface area (Å²) >= 11 is 0. The molecule has 2 rings (SSSR count). The zero-order valence-corrected chi connectivity index (χ0v) is 13.8. The van der Waals surface area contributed by atoms with Crippen LogP contribution in [0.4, 0.5) is 10.1 Å². The fourth-order valence-electron chi connectivity index (χ4n) is 2.49. The van der Waals surface area contributed by atoms with Crippen LogP contribution in [0.3, 0.4) is 0 Å². The Bertz CT molecular complexity index is 625. The number of rotatable bonds is 6. The Hall–Kier alpha value is -1.51. The minimum atomic E-state index is -3.32. The van der Waals surface area contributed by atoms with E-state index in [1.807, 2.05) is 0 Å². The van der Waals surface area contributed by atoms with Crippen molar-refractivity contribution >= 4 is 21.6 Å². The molecule has 0 spiro atoms. The summed E-state index contributed by atoms with van der Waals surface area (Å²) in [5.41, 5.74) is 0.534. The number of nitrogens with one attached hydrogen (secondary N) is 1. The first-order valence-corrected chi connectivity index (χ1v) is 9.06. The molecule has 1 aliphatic heterocycles. The molecule has 1 aliphatic rings. The van der Waals surface area contributed by atoms with Crippen molar-refractivity contribution in [2.75, 3.05) is 37.9 Å². The SMILES string of the molecule is COCCS(=O)(=O)N1CCC(C(=O)Nc2ccc(F)cc2)CC1. The number of halogens is 1. The molecule has 1 saturated heterocycles. The van der Waals surface area contributed by atoms with Crippen molar-refractivity contribution in [2.24, 2.45) is 5.92 Å². The maximum absolute atomic E-state index is 12.8. The van der Waals surface area contributed by atoms with E-state index < -0.39 is 10.0 Å². The Morgan fingerprint density at radius 3 is 2.48 bits per heavy atom. The van der Waals surface area contributed by atoms with Crippen LogP contribution in [-0.2, 0) is 19.6 Å². The number of carbonyl (C=O) groups excluding carboxylic acids is 1. The molecule has 23 heavy (non-hydrogen) atoms. The van der Waals surface area contributed by atoms with Gasteiger partial charge in [0.05, 0.1) is 12.4 Å². The molecule has 0 bridgehead atoms. The third-order valence-corrected chi connectivity index (χ3v) is 5.71. The summed E-state index contributed by atoms with van der Waals surface area (Å²) in [6.07, 6.45) is 0.943. The van der Waals surface area contributed by atoms with Gasteiger partial charge in [0.1, 0.15) is 5.82 Å². The number of hydrogen-bond donors (Lipinski definition) is 1. The van der Waals surface area contributed by atoms with Gasteiger partial charge in [0.15, 0.2) is 0 Å². The molecule has 1 heterocycles. The third-order valence-electron chi connectivity index (χ3n) is 3.88. The Balaban J connectivity index is 1.86. The van der Waals surface area contributed by atoms with Gasteiger partial charge in [0.2, 0.25) is 15.9 Å². The lowest BCUT2D eigenvalue weighted by molar-refractivity contribution is -0.120. The number of hydrogen-bond acceptors (Lipinski definition) is 4. The molecule has 6 nitrogen and oxygen atoms in total. The number of carbonyl (C=O) groups is 1. The summed E-state index contributed by atoms with van der Waals surface area (Å²) in [6.45, 7) is 0.814. The molecule has 128 valence electrons. The van der Waals surface area contributed by atoms with Crippen LogP contribution in [-0.4, -0.2) is 51.2 Å². The average Bonchev–Trinajstić information content (AvgIpc) is 2.55. The lowest BCUT2D eigenvalue weighted by Gasteiger charge is -2.30. The molecule has 1 N–H and O–H groups in total. The van der Waals surface area contributed by atoms with Crippen molar-refractivity contribution in [3.05, 3.63) is 30.1 Å². The molecule has 8 heteroatoms. The number of piperidine rings is 1. The van der Waals surface area contributed by atoms with Crippen LogP contribution in [0.25, 0.3) is 0 Å². The molecule has 1 amide bonds. The van der Waals surface area contributed by atoms with Crippen molar-refractivity contribution in [1.82, 2.24) is 4.31 Å². The summed E-state index contributed by atoms with van der Waals surface area (Å²) in [7, 11) is -1.86. The van der Waals surface area contributed by atoms with Crippen LogP contribution in [0.5, 0.6) is 0 Å². The molecule has 0 aliphatic carbocycles. The van der Waals surface area contributed by atoms with Crippen LogP contribution >= 0.6 is 0 Å². The van der Waals surface area contributed by atoms with Gasteiger partial charge in [-0.25, -0.2) is 17.1 Å². The predicted octanol–water partition coefficient (Wildman–Crippen LogP) is 1.45. The van der Waals surface area contributed by atoms with Crippen molar-refractivity contribution in [1.29, 1.82) is 0 Å². The minimum absolute atomic E-state index is 0.0457. The van der Waals surface area contributed by atoms with Crippen LogP contribution in [0.1, 0.15) is 12.8 Å². The standard InChI is InChI=1S/C15H21FN2O4S/c1-22-10-11-23(20,21)18-8-6-12(7-9-18)15(19)17-14-4-2-13(16)3-5-14/h2-5,12H,6-11H2,1H3,(H,17,19). The van der Waals surface area contributed by atoms with Crippen molar-refractivity contribution in [2.45, 2.75) is 12.8 Å². The average molecular weight is 344 g/mol. The van der Waals surface area contributed by atoms with Crippen LogP contribution in [0.2, 0.25) is 0 Å². The van der Waals surface area contributed by atoms with Gasteiger partial charge in [0.25, 0.3) is 0 Å². The lowest BCUT2D eigenvalue weighted by atomic mass is 9.97. The first-order valence-electron chi connectivity index (χ1n) is 7.45. The van der Waals surface area contributed by atoms with E-state index in [0.717, 1.165) is 0 Å². The number of amides is 1. The third kappa shape index (κ3) is 4.98. The van der Waals surface area contributed by atoms with E-state index in [4.69, 9.17) is 4.74 Å². The van der Waals surface area contributed by atoms with E-state index in [1.165, 1.54) is 35.7 Å². The fourth-order valence-corrected chi connectivity index (χ4v) is 3.89. The van der Waals surface area contributed by atoms with Gasteiger partial charge in [-0.15, -0.1) is 0 Å². The van der Waals surface area contributed by atoms with E-state index in [9.17, 15) is 17.6 Å². The van der Waals surface area contributed by atoms with Crippen LogP contribution < -0.4 is 5.32 Å². The number of benzene rings is 1. The van der Waals surface area contributed by atoms with E-state index in [-0.39, 0.29) is 30.0 Å². The second-order valence-electron chi connectivity index (χ2n) is 5.48. The molecular weight excluding hydrogens is 323 g/mol. The van der Waals surface area contributed by atoms with Gasteiger partial charge in [-0.3, -0.25) is 4.79 Å².